The molecule has 0 aliphatic rings. The van der Waals surface area contributed by atoms with Crippen molar-refractivity contribution < 1.29 is 18.6 Å². The lowest BCUT2D eigenvalue weighted by Crippen LogP contribution is -2.03. The molecule has 0 aliphatic carbocycles. The molecule has 20 heavy (non-hydrogen) atoms. The molecule has 0 amide bonds. The normalized spacial score (nSPS) is 12.2. The summed E-state index contributed by atoms with van der Waals surface area (Å²) in [6.45, 7) is 0. The number of hydrogen-bond acceptors (Lipinski definition) is 2. The maximum absolute atomic E-state index is 13.6. The van der Waals surface area contributed by atoms with Crippen LogP contribution in [0.3, 0.4) is 0 Å². The lowest BCUT2D eigenvalue weighted by atomic mass is 10.0. The molecule has 0 saturated heterocycles. The maximum atomic E-state index is 13.6. The van der Waals surface area contributed by atoms with E-state index in [-0.39, 0.29) is 17.2 Å². The van der Waals surface area contributed by atoms with Gasteiger partial charge in [-0.2, -0.15) is 0 Å². The average molecular weight is 299 g/mol. The molecule has 0 radical (unpaired) electrons. The zero-order valence-electron chi connectivity index (χ0n) is 10.7. The standard InChI is InChI=1S/C15H13ClF2O2/c1-20-15-5-2-9(6-13(15)18)7-14(19)11-4-3-10(17)8-12(11)16/h2-6,8,14,19H,7H2,1H3. The minimum Gasteiger partial charge on any atom is -0.494 e. The van der Waals surface area contributed by atoms with Crippen molar-refractivity contribution in [2.45, 2.75) is 12.5 Å². The topological polar surface area (TPSA) is 29.5 Å². The van der Waals surface area contributed by atoms with Gasteiger partial charge < -0.3 is 9.84 Å². The van der Waals surface area contributed by atoms with Gasteiger partial charge in [0.05, 0.1) is 13.2 Å². The number of rotatable bonds is 4. The first-order valence-corrected chi connectivity index (χ1v) is 6.34. The fraction of sp³-hybridized carbons (Fsp3) is 0.200. The third kappa shape index (κ3) is 3.26. The van der Waals surface area contributed by atoms with Gasteiger partial charge in [0, 0.05) is 11.4 Å². The highest BCUT2D eigenvalue weighted by molar-refractivity contribution is 6.31. The van der Waals surface area contributed by atoms with Gasteiger partial charge in [-0.3, -0.25) is 0 Å². The van der Waals surface area contributed by atoms with E-state index in [9.17, 15) is 13.9 Å². The second-order valence-electron chi connectivity index (χ2n) is 4.35. The predicted octanol–water partition coefficient (Wildman–Crippen LogP) is 3.90. The molecule has 0 spiro atoms. The molecule has 2 nitrogen and oxygen atoms in total. The van der Waals surface area contributed by atoms with Gasteiger partial charge in [-0.25, -0.2) is 8.78 Å². The number of aliphatic hydroxyl groups is 1. The van der Waals surface area contributed by atoms with E-state index < -0.39 is 17.7 Å². The Morgan fingerprint density at radius 2 is 1.95 bits per heavy atom. The Morgan fingerprint density at radius 3 is 2.55 bits per heavy atom. The molecule has 0 fully saturated rings. The molecule has 0 aliphatic heterocycles. The lowest BCUT2D eigenvalue weighted by Gasteiger charge is -2.13. The largest absolute Gasteiger partial charge is 0.494 e. The summed E-state index contributed by atoms with van der Waals surface area (Å²) in [7, 11) is 1.38. The van der Waals surface area contributed by atoms with Crippen LogP contribution in [0.15, 0.2) is 36.4 Å². The van der Waals surface area contributed by atoms with Crippen molar-refractivity contribution in [2.75, 3.05) is 7.11 Å². The van der Waals surface area contributed by atoms with E-state index in [1.165, 1.54) is 31.4 Å². The van der Waals surface area contributed by atoms with Gasteiger partial charge in [-0.1, -0.05) is 23.7 Å². The van der Waals surface area contributed by atoms with E-state index >= 15 is 0 Å². The Labute approximate surface area is 120 Å². The average Bonchev–Trinajstić information content (AvgIpc) is 2.38. The summed E-state index contributed by atoms with van der Waals surface area (Å²) in [5.41, 5.74) is 1.00. The summed E-state index contributed by atoms with van der Waals surface area (Å²) in [5, 5.41) is 10.2. The first-order valence-electron chi connectivity index (χ1n) is 5.96. The molecule has 0 saturated carbocycles. The van der Waals surface area contributed by atoms with E-state index in [4.69, 9.17) is 16.3 Å². The maximum Gasteiger partial charge on any atom is 0.165 e. The van der Waals surface area contributed by atoms with Crippen molar-refractivity contribution in [2.24, 2.45) is 0 Å². The van der Waals surface area contributed by atoms with Crippen LogP contribution in [0, 0.1) is 11.6 Å². The number of ether oxygens (including phenoxy) is 1. The molecule has 1 unspecified atom stereocenters. The Hall–Kier alpha value is -1.65. The van der Waals surface area contributed by atoms with Crippen molar-refractivity contribution in [3.63, 3.8) is 0 Å². The minimum absolute atomic E-state index is 0.142. The smallest absolute Gasteiger partial charge is 0.165 e. The molecule has 1 atom stereocenters. The summed E-state index contributed by atoms with van der Waals surface area (Å²) in [6.07, 6.45) is -0.761. The van der Waals surface area contributed by atoms with Gasteiger partial charge in [-0.05, 0) is 35.4 Å². The molecular weight excluding hydrogens is 286 g/mol. The van der Waals surface area contributed by atoms with Gasteiger partial charge in [0.1, 0.15) is 5.82 Å². The molecule has 2 rings (SSSR count). The second kappa shape index (κ2) is 6.20. The van der Waals surface area contributed by atoms with E-state index in [0.29, 0.717) is 11.1 Å². The van der Waals surface area contributed by atoms with E-state index in [1.54, 1.807) is 6.07 Å². The van der Waals surface area contributed by atoms with Gasteiger partial charge in [0.2, 0.25) is 0 Å². The number of halogens is 3. The van der Waals surface area contributed by atoms with Crippen LogP contribution in [-0.2, 0) is 6.42 Å². The van der Waals surface area contributed by atoms with E-state index in [2.05, 4.69) is 0 Å². The zero-order chi connectivity index (χ0) is 14.7. The molecule has 0 bridgehead atoms. The SMILES string of the molecule is COc1ccc(CC(O)c2ccc(F)cc2Cl)cc1F. The summed E-state index contributed by atoms with van der Waals surface area (Å²) in [4.78, 5) is 0. The van der Waals surface area contributed by atoms with Crippen molar-refractivity contribution in [1.82, 2.24) is 0 Å². The Morgan fingerprint density at radius 1 is 1.20 bits per heavy atom. The molecular formula is C15H13ClF2O2. The number of hydrogen-bond donors (Lipinski definition) is 1. The fourth-order valence-corrected chi connectivity index (χ4v) is 2.23. The quantitative estimate of drug-likeness (QED) is 0.927. The molecule has 2 aromatic carbocycles. The van der Waals surface area contributed by atoms with Crippen molar-refractivity contribution >= 4 is 11.6 Å². The van der Waals surface area contributed by atoms with Crippen LogP contribution < -0.4 is 4.74 Å². The summed E-state index contributed by atoms with van der Waals surface area (Å²) in [6, 6.07) is 8.21. The first-order chi connectivity index (χ1) is 9.51. The molecule has 0 heterocycles. The van der Waals surface area contributed by atoms with Crippen molar-refractivity contribution in [1.29, 1.82) is 0 Å². The van der Waals surface area contributed by atoms with Crippen LogP contribution in [-0.4, -0.2) is 12.2 Å². The third-order valence-electron chi connectivity index (χ3n) is 2.97. The Balaban J connectivity index is 2.18. The predicted molar refractivity (Wildman–Crippen MR) is 73.0 cm³/mol. The van der Waals surface area contributed by atoms with Crippen molar-refractivity contribution in [3.05, 3.63) is 64.2 Å². The van der Waals surface area contributed by atoms with Crippen LogP contribution in [0.1, 0.15) is 17.2 Å². The van der Waals surface area contributed by atoms with Gasteiger partial charge in [0.25, 0.3) is 0 Å². The molecule has 5 heteroatoms. The Bertz CT molecular complexity index is 617. The number of aliphatic hydroxyl groups excluding tert-OH is 1. The molecule has 2 aromatic rings. The lowest BCUT2D eigenvalue weighted by molar-refractivity contribution is 0.178. The van der Waals surface area contributed by atoms with E-state index in [0.717, 1.165) is 6.07 Å². The molecule has 0 aromatic heterocycles. The second-order valence-corrected chi connectivity index (χ2v) is 4.76. The third-order valence-corrected chi connectivity index (χ3v) is 3.29. The van der Waals surface area contributed by atoms with Gasteiger partial charge >= 0.3 is 0 Å². The van der Waals surface area contributed by atoms with Crippen LogP contribution in [0.25, 0.3) is 0 Å². The van der Waals surface area contributed by atoms with Crippen LogP contribution in [0.2, 0.25) is 5.02 Å². The van der Waals surface area contributed by atoms with E-state index in [1.807, 2.05) is 0 Å². The van der Waals surface area contributed by atoms with Crippen LogP contribution in [0.4, 0.5) is 8.78 Å². The van der Waals surface area contributed by atoms with Crippen molar-refractivity contribution in [3.8, 4) is 5.75 Å². The highest BCUT2D eigenvalue weighted by atomic mass is 35.5. The number of methoxy groups -OCH3 is 1. The number of benzene rings is 2. The highest BCUT2D eigenvalue weighted by Crippen LogP contribution is 2.27. The summed E-state index contributed by atoms with van der Waals surface area (Å²) in [5.74, 6) is -0.827. The fourth-order valence-electron chi connectivity index (χ4n) is 1.94. The zero-order valence-corrected chi connectivity index (χ0v) is 11.5. The molecule has 106 valence electrons. The minimum atomic E-state index is -0.934. The summed E-state index contributed by atoms with van der Waals surface area (Å²) >= 11 is 5.88. The van der Waals surface area contributed by atoms with Gasteiger partial charge in [0.15, 0.2) is 11.6 Å². The Kier molecular flexibility index (Phi) is 4.57. The van der Waals surface area contributed by atoms with Crippen LogP contribution >= 0.6 is 11.6 Å². The molecule has 1 N–H and O–H groups in total. The van der Waals surface area contributed by atoms with Crippen LogP contribution in [0.5, 0.6) is 5.75 Å². The first kappa shape index (κ1) is 14.8. The van der Waals surface area contributed by atoms with Gasteiger partial charge in [-0.15, -0.1) is 0 Å². The monoisotopic (exact) mass is 298 g/mol. The summed E-state index contributed by atoms with van der Waals surface area (Å²) < 4.78 is 31.3. The highest BCUT2D eigenvalue weighted by Gasteiger charge is 2.14.